The van der Waals surface area contributed by atoms with E-state index in [1.165, 1.54) is 18.9 Å². The van der Waals surface area contributed by atoms with Crippen LogP contribution in [0.25, 0.3) is 10.9 Å². The largest absolute Gasteiger partial charge is 0.346 e. The lowest BCUT2D eigenvalue weighted by Crippen LogP contribution is -2.21. The van der Waals surface area contributed by atoms with Gasteiger partial charge in [-0.2, -0.15) is 0 Å². The van der Waals surface area contributed by atoms with Gasteiger partial charge in [0.2, 0.25) is 0 Å². The van der Waals surface area contributed by atoms with Crippen LogP contribution in [0.15, 0.2) is 30.5 Å². The standard InChI is InChI=1S/C16H23FN2/c1-13(2)5-4-9-18-10-12-19-11-8-14-15(17)6-3-7-16(14)19/h3,6-8,11,13,18H,4-5,9-10,12H2,1-2H3. The predicted octanol–water partition coefficient (Wildman–Crippen LogP) is 3.81. The van der Waals surface area contributed by atoms with E-state index in [9.17, 15) is 4.39 Å². The van der Waals surface area contributed by atoms with Gasteiger partial charge in [-0.3, -0.25) is 0 Å². The number of halogens is 1. The Hall–Kier alpha value is -1.35. The first-order chi connectivity index (χ1) is 9.18. The molecule has 0 bridgehead atoms. The molecule has 1 aromatic carbocycles. The third kappa shape index (κ3) is 3.80. The number of rotatable bonds is 7. The van der Waals surface area contributed by atoms with E-state index in [4.69, 9.17) is 0 Å². The summed E-state index contributed by atoms with van der Waals surface area (Å²) in [5, 5.41) is 4.15. The fourth-order valence-corrected chi connectivity index (χ4v) is 2.34. The molecule has 0 saturated heterocycles. The van der Waals surface area contributed by atoms with E-state index in [0.717, 1.165) is 31.1 Å². The first-order valence-corrected chi connectivity index (χ1v) is 7.12. The van der Waals surface area contributed by atoms with Crippen LogP contribution in [0.2, 0.25) is 0 Å². The summed E-state index contributed by atoms with van der Waals surface area (Å²) in [6, 6.07) is 7.10. The van der Waals surface area contributed by atoms with Crippen LogP contribution in [0.3, 0.4) is 0 Å². The zero-order chi connectivity index (χ0) is 13.7. The highest BCUT2D eigenvalue weighted by Crippen LogP contribution is 2.18. The summed E-state index contributed by atoms with van der Waals surface area (Å²) in [4.78, 5) is 0. The Morgan fingerprint density at radius 3 is 2.84 bits per heavy atom. The van der Waals surface area contributed by atoms with Gasteiger partial charge in [-0.15, -0.1) is 0 Å². The second-order valence-corrected chi connectivity index (χ2v) is 5.47. The Morgan fingerprint density at radius 2 is 2.05 bits per heavy atom. The van der Waals surface area contributed by atoms with Gasteiger partial charge < -0.3 is 9.88 Å². The predicted molar refractivity (Wildman–Crippen MR) is 78.8 cm³/mol. The van der Waals surface area contributed by atoms with Gasteiger partial charge >= 0.3 is 0 Å². The zero-order valence-corrected chi connectivity index (χ0v) is 11.8. The third-order valence-electron chi connectivity index (χ3n) is 3.42. The van der Waals surface area contributed by atoms with Crippen molar-refractivity contribution in [2.75, 3.05) is 13.1 Å². The highest BCUT2D eigenvalue weighted by atomic mass is 19.1. The van der Waals surface area contributed by atoms with Gasteiger partial charge in [0.05, 0.1) is 5.52 Å². The molecule has 1 N–H and O–H groups in total. The van der Waals surface area contributed by atoms with Crippen molar-refractivity contribution in [1.29, 1.82) is 0 Å². The zero-order valence-electron chi connectivity index (χ0n) is 11.8. The molecule has 0 aliphatic rings. The van der Waals surface area contributed by atoms with E-state index in [-0.39, 0.29) is 5.82 Å². The van der Waals surface area contributed by atoms with Gasteiger partial charge in [0, 0.05) is 24.7 Å². The Balaban J connectivity index is 1.81. The lowest BCUT2D eigenvalue weighted by atomic mass is 10.1. The number of nitrogens with zero attached hydrogens (tertiary/aromatic N) is 1. The van der Waals surface area contributed by atoms with E-state index < -0.39 is 0 Å². The summed E-state index contributed by atoms with van der Waals surface area (Å²) < 4.78 is 15.6. The summed E-state index contributed by atoms with van der Waals surface area (Å²) in [6.07, 6.45) is 4.45. The Bertz CT molecular complexity index is 516. The molecule has 0 aliphatic heterocycles. The Labute approximate surface area is 114 Å². The average Bonchev–Trinajstić information content (AvgIpc) is 2.78. The molecule has 0 aliphatic carbocycles. The minimum Gasteiger partial charge on any atom is -0.346 e. The molecule has 0 spiro atoms. The Morgan fingerprint density at radius 1 is 1.21 bits per heavy atom. The van der Waals surface area contributed by atoms with Crippen LogP contribution in [0.1, 0.15) is 26.7 Å². The van der Waals surface area contributed by atoms with Gasteiger partial charge in [-0.1, -0.05) is 19.9 Å². The average molecular weight is 262 g/mol. The molecule has 0 atom stereocenters. The van der Waals surface area contributed by atoms with Crippen LogP contribution in [0, 0.1) is 11.7 Å². The highest BCUT2D eigenvalue weighted by Gasteiger charge is 2.04. The van der Waals surface area contributed by atoms with Crippen LogP contribution in [0.4, 0.5) is 4.39 Å². The van der Waals surface area contributed by atoms with Crippen molar-refractivity contribution in [2.45, 2.75) is 33.2 Å². The van der Waals surface area contributed by atoms with Crippen molar-refractivity contribution >= 4 is 10.9 Å². The number of aromatic nitrogens is 1. The normalized spacial score (nSPS) is 11.6. The molecule has 0 amide bonds. The molecule has 0 fully saturated rings. The lowest BCUT2D eigenvalue weighted by molar-refractivity contribution is 0.517. The van der Waals surface area contributed by atoms with Crippen LogP contribution in [-0.4, -0.2) is 17.7 Å². The fraction of sp³-hybridized carbons (Fsp3) is 0.500. The molecule has 0 radical (unpaired) electrons. The van der Waals surface area contributed by atoms with Gasteiger partial charge in [-0.05, 0) is 43.5 Å². The van der Waals surface area contributed by atoms with Crippen molar-refractivity contribution in [3.05, 3.63) is 36.3 Å². The van der Waals surface area contributed by atoms with E-state index >= 15 is 0 Å². The van der Waals surface area contributed by atoms with Crippen LogP contribution in [-0.2, 0) is 6.54 Å². The van der Waals surface area contributed by atoms with E-state index in [1.54, 1.807) is 6.07 Å². The molecule has 0 unspecified atom stereocenters. The quantitative estimate of drug-likeness (QED) is 0.751. The van der Waals surface area contributed by atoms with E-state index in [0.29, 0.717) is 5.39 Å². The van der Waals surface area contributed by atoms with Crippen molar-refractivity contribution in [1.82, 2.24) is 9.88 Å². The number of nitrogens with one attached hydrogen (secondary N) is 1. The maximum absolute atomic E-state index is 13.5. The SMILES string of the molecule is CC(C)CCCNCCn1ccc2c(F)cccc21. The van der Waals surface area contributed by atoms with Crippen molar-refractivity contribution in [3.8, 4) is 0 Å². The fourth-order valence-electron chi connectivity index (χ4n) is 2.34. The topological polar surface area (TPSA) is 17.0 Å². The first kappa shape index (κ1) is 14.1. The van der Waals surface area contributed by atoms with Crippen molar-refractivity contribution < 1.29 is 4.39 Å². The minimum absolute atomic E-state index is 0.138. The van der Waals surface area contributed by atoms with Crippen LogP contribution < -0.4 is 5.32 Å². The number of benzene rings is 1. The molecule has 2 aromatic rings. The second kappa shape index (κ2) is 6.71. The summed E-state index contributed by atoms with van der Waals surface area (Å²) in [5.74, 6) is 0.638. The number of hydrogen-bond acceptors (Lipinski definition) is 1. The smallest absolute Gasteiger partial charge is 0.132 e. The third-order valence-corrected chi connectivity index (χ3v) is 3.42. The van der Waals surface area contributed by atoms with Crippen molar-refractivity contribution in [3.63, 3.8) is 0 Å². The van der Waals surface area contributed by atoms with Crippen LogP contribution >= 0.6 is 0 Å². The van der Waals surface area contributed by atoms with Crippen molar-refractivity contribution in [2.24, 2.45) is 5.92 Å². The molecule has 1 heterocycles. The van der Waals surface area contributed by atoms with Gasteiger partial charge in [0.15, 0.2) is 0 Å². The van der Waals surface area contributed by atoms with Gasteiger partial charge in [-0.25, -0.2) is 4.39 Å². The maximum atomic E-state index is 13.5. The summed E-state index contributed by atoms with van der Waals surface area (Å²) >= 11 is 0. The summed E-state index contributed by atoms with van der Waals surface area (Å²) in [5.41, 5.74) is 0.976. The van der Waals surface area contributed by atoms with E-state index in [1.807, 2.05) is 18.3 Å². The second-order valence-electron chi connectivity index (χ2n) is 5.47. The molecule has 3 heteroatoms. The molecule has 2 rings (SSSR count). The van der Waals surface area contributed by atoms with E-state index in [2.05, 4.69) is 23.7 Å². The number of hydrogen-bond donors (Lipinski definition) is 1. The molecule has 104 valence electrons. The maximum Gasteiger partial charge on any atom is 0.132 e. The number of fused-ring (bicyclic) bond motifs is 1. The monoisotopic (exact) mass is 262 g/mol. The Kier molecular flexibility index (Phi) is 4.97. The molecule has 19 heavy (non-hydrogen) atoms. The summed E-state index contributed by atoms with van der Waals surface area (Å²) in [6.45, 7) is 7.37. The molecule has 0 saturated carbocycles. The molecular formula is C16H23FN2. The van der Waals surface area contributed by atoms with Crippen LogP contribution in [0.5, 0.6) is 0 Å². The highest BCUT2D eigenvalue weighted by molar-refractivity contribution is 5.80. The lowest BCUT2D eigenvalue weighted by Gasteiger charge is -2.08. The molecule has 1 aromatic heterocycles. The first-order valence-electron chi connectivity index (χ1n) is 7.12. The minimum atomic E-state index is -0.138. The van der Waals surface area contributed by atoms with Gasteiger partial charge in [0.1, 0.15) is 5.82 Å². The summed E-state index contributed by atoms with van der Waals surface area (Å²) in [7, 11) is 0. The molecular weight excluding hydrogens is 239 g/mol. The molecule has 2 nitrogen and oxygen atoms in total. The van der Waals surface area contributed by atoms with Gasteiger partial charge in [0.25, 0.3) is 0 Å².